The number of aryl methyl sites for hydroxylation is 1. The first-order chi connectivity index (χ1) is 15.0. The second kappa shape index (κ2) is 7.80. The van der Waals surface area contributed by atoms with Crippen molar-refractivity contribution >= 4 is 28.6 Å². The molecule has 160 valence electrons. The number of rotatable bonds is 5. The molecular formula is C20H18IN5O5. The molecule has 3 aromatic rings. The molecule has 2 saturated heterocycles. The summed E-state index contributed by atoms with van der Waals surface area (Å²) in [4.78, 5) is 33.2. The number of halogens is 1. The van der Waals surface area contributed by atoms with Crippen molar-refractivity contribution < 1.29 is 19.0 Å². The van der Waals surface area contributed by atoms with Gasteiger partial charge in [0.2, 0.25) is 0 Å². The van der Waals surface area contributed by atoms with Crippen LogP contribution in [0.3, 0.4) is 0 Å². The third kappa shape index (κ3) is 3.46. The van der Waals surface area contributed by atoms with Crippen molar-refractivity contribution in [3.63, 3.8) is 0 Å². The Morgan fingerprint density at radius 3 is 2.90 bits per heavy atom. The van der Waals surface area contributed by atoms with Crippen LogP contribution < -0.4 is 5.69 Å². The van der Waals surface area contributed by atoms with E-state index in [-0.39, 0.29) is 23.2 Å². The fraction of sp³-hybridized carbons (Fsp3) is 0.350. The molecule has 0 spiro atoms. The summed E-state index contributed by atoms with van der Waals surface area (Å²) in [7, 11) is 0. The van der Waals surface area contributed by atoms with Gasteiger partial charge in [0.15, 0.2) is 12.0 Å². The van der Waals surface area contributed by atoms with E-state index in [9.17, 15) is 9.59 Å². The molecular weight excluding hydrogens is 517 g/mol. The third-order valence-corrected chi connectivity index (χ3v) is 7.27. The lowest BCUT2D eigenvalue weighted by molar-refractivity contribution is -0.185. The average Bonchev–Trinajstić information content (AvgIpc) is 3.49. The van der Waals surface area contributed by atoms with Crippen LogP contribution >= 0.6 is 22.6 Å². The Hall–Kier alpha value is -2.64. The molecule has 0 saturated carbocycles. The van der Waals surface area contributed by atoms with E-state index in [1.165, 1.54) is 21.9 Å². The summed E-state index contributed by atoms with van der Waals surface area (Å²) in [6, 6.07) is 8.77. The zero-order valence-corrected chi connectivity index (χ0v) is 18.6. The summed E-state index contributed by atoms with van der Waals surface area (Å²) in [5, 5.41) is 4.03. The van der Waals surface area contributed by atoms with Crippen molar-refractivity contribution in [2.45, 2.75) is 28.8 Å². The van der Waals surface area contributed by atoms with Crippen LogP contribution in [0, 0.1) is 6.92 Å². The smallest absolute Gasteiger partial charge is 0.351 e. The molecule has 1 unspecified atom stereocenters. The van der Waals surface area contributed by atoms with E-state index >= 15 is 0 Å². The number of carbonyl (C=O) groups excluding carboxylic acids is 1. The summed E-state index contributed by atoms with van der Waals surface area (Å²) in [5.41, 5.74) is -0.130. The fourth-order valence-electron chi connectivity index (χ4n) is 3.84. The van der Waals surface area contributed by atoms with E-state index in [1.807, 2.05) is 13.0 Å². The van der Waals surface area contributed by atoms with Gasteiger partial charge in [0.25, 0.3) is 0 Å². The van der Waals surface area contributed by atoms with E-state index < -0.39 is 23.5 Å². The third-order valence-electron chi connectivity index (χ3n) is 5.42. The van der Waals surface area contributed by atoms with Crippen LogP contribution in [0.25, 0.3) is 5.82 Å². The molecule has 0 aliphatic carbocycles. The predicted molar refractivity (Wildman–Crippen MR) is 115 cm³/mol. The molecule has 2 aliphatic heterocycles. The quantitative estimate of drug-likeness (QED) is 0.275. The highest BCUT2D eigenvalue weighted by Crippen LogP contribution is 2.48. The number of hydrogen-bond acceptors (Lipinski definition) is 8. The summed E-state index contributed by atoms with van der Waals surface area (Å²) in [6.45, 7) is 2.13. The number of fused-ring (bicyclic) bond motifs is 2. The van der Waals surface area contributed by atoms with Crippen molar-refractivity contribution in [2.75, 3.05) is 13.2 Å². The van der Waals surface area contributed by atoms with E-state index in [4.69, 9.17) is 14.2 Å². The van der Waals surface area contributed by atoms with E-state index in [0.29, 0.717) is 11.4 Å². The summed E-state index contributed by atoms with van der Waals surface area (Å²) in [6.07, 6.45) is 3.49. The van der Waals surface area contributed by atoms with E-state index in [0.717, 1.165) is 5.56 Å². The van der Waals surface area contributed by atoms with Crippen LogP contribution in [-0.2, 0) is 14.2 Å². The van der Waals surface area contributed by atoms with Crippen LogP contribution in [0.4, 0.5) is 0 Å². The minimum Gasteiger partial charge on any atom is -0.459 e. The van der Waals surface area contributed by atoms with Crippen LogP contribution in [-0.4, -0.2) is 59.1 Å². The van der Waals surface area contributed by atoms with Crippen LogP contribution in [0.15, 0.2) is 54.0 Å². The van der Waals surface area contributed by atoms with E-state index in [2.05, 4.69) is 37.7 Å². The van der Waals surface area contributed by atoms with Gasteiger partial charge in [-0.3, -0.25) is 4.57 Å². The summed E-state index contributed by atoms with van der Waals surface area (Å²) in [5.74, 6) is -0.0266. The lowest BCUT2D eigenvalue weighted by Crippen LogP contribution is -2.44. The molecule has 10 nitrogen and oxygen atoms in total. The molecule has 1 aromatic carbocycles. The van der Waals surface area contributed by atoms with Gasteiger partial charge in [0, 0.05) is 11.8 Å². The Morgan fingerprint density at radius 2 is 2.16 bits per heavy atom. The number of aromatic nitrogens is 5. The Labute approximate surface area is 190 Å². The summed E-state index contributed by atoms with van der Waals surface area (Å²) >= 11 is 2.24. The second-order valence-electron chi connectivity index (χ2n) is 7.47. The van der Waals surface area contributed by atoms with Crippen LogP contribution in [0.5, 0.6) is 0 Å². The maximum Gasteiger partial charge on any atom is 0.351 e. The number of alkyl halides is 1. The zero-order valence-electron chi connectivity index (χ0n) is 16.4. The largest absolute Gasteiger partial charge is 0.459 e. The standard InChI is InChI=1S/C20H18IN5O5/c1-12-7-25(19(28)24-16(12)26-11-22-10-23-26)17-14-15(21)20(31-17,8-29-14)9-30-18(27)13-5-3-2-4-6-13/h2-7,10-11,14-15,17H,8-9H2,1H3/t14-,15?,17+,20+/m0/s1. The van der Waals surface area contributed by atoms with Crippen LogP contribution in [0.1, 0.15) is 22.1 Å². The minimum atomic E-state index is -0.835. The lowest BCUT2D eigenvalue weighted by Gasteiger charge is -2.31. The first kappa shape index (κ1) is 20.3. The molecule has 0 amide bonds. The van der Waals surface area contributed by atoms with Gasteiger partial charge in [0.1, 0.15) is 31.0 Å². The molecule has 4 heterocycles. The highest BCUT2D eigenvalue weighted by atomic mass is 127. The monoisotopic (exact) mass is 535 g/mol. The summed E-state index contributed by atoms with van der Waals surface area (Å²) < 4.78 is 20.5. The molecule has 11 heteroatoms. The number of benzene rings is 1. The fourth-order valence-corrected chi connectivity index (χ4v) is 4.91. The van der Waals surface area contributed by atoms with Crippen molar-refractivity contribution in [1.82, 2.24) is 24.3 Å². The number of ether oxygens (including phenoxy) is 3. The van der Waals surface area contributed by atoms with Gasteiger partial charge in [-0.05, 0) is 19.1 Å². The predicted octanol–water partition coefficient (Wildman–Crippen LogP) is 1.46. The van der Waals surface area contributed by atoms with Gasteiger partial charge >= 0.3 is 11.7 Å². The topological polar surface area (TPSA) is 110 Å². The normalized spacial score (nSPS) is 26.8. The maximum absolute atomic E-state index is 12.8. The van der Waals surface area contributed by atoms with Gasteiger partial charge in [-0.15, -0.1) is 0 Å². The Kier molecular flexibility index (Phi) is 5.10. The van der Waals surface area contributed by atoms with Gasteiger partial charge in [-0.1, -0.05) is 40.8 Å². The molecule has 2 aromatic heterocycles. The molecule has 0 N–H and O–H groups in total. The minimum absolute atomic E-state index is 0.0273. The number of esters is 1. The lowest BCUT2D eigenvalue weighted by atomic mass is 10.0. The molecule has 5 rings (SSSR count). The van der Waals surface area contributed by atoms with Crippen molar-refractivity contribution in [2.24, 2.45) is 0 Å². The first-order valence-electron chi connectivity index (χ1n) is 9.59. The Balaban J connectivity index is 1.38. The van der Waals surface area contributed by atoms with Crippen molar-refractivity contribution in [1.29, 1.82) is 0 Å². The molecule has 4 atom stereocenters. The highest BCUT2D eigenvalue weighted by Gasteiger charge is 2.62. The molecule has 0 radical (unpaired) electrons. The molecule has 31 heavy (non-hydrogen) atoms. The molecule has 2 bridgehead atoms. The SMILES string of the molecule is Cc1cn([C@@H]2O[C@@]3(COC(=O)c4ccccc4)CO[C@H]2C3I)c(=O)nc1-n1cncn1. The second-order valence-corrected chi connectivity index (χ2v) is 8.81. The van der Waals surface area contributed by atoms with Crippen LogP contribution in [0.2, 0.25) is 0 Å². The van der Waals surface area contributed by atoms with Gasteiger partial charge < -0.3 is 14.2 Å². The number of hydrogen-bond donors (Lipinski definition) is 0. The van der Waals surface area contributed by atoms with Gasteiger partial charge in [-0.25, -0.2) is 19.3 Å². The molecule has 2 aliphatic rings. The number of nitrogens with zero attached hydrogens (tertiary/aromatic N) is 5. The Bertz CT molecular complexity index is 1170. The number of carbonyl (C=O) groups is 1. The van der Waals surface area contributed by atoms with Crippen molar-refractivity contribution in [3.05, 3.63) is 70.8 Å². The average molecular weight is 535 g/mol. The van der Waals surface area contributed by atoms with Gasteiger partial charge in [0.05, 0.1) is 16.1 Å². The highest BCUT2D eigenvalue weighted by molar-refractivity contribution is 14.1. The molecule has 2 fully saturated rings. The van der Waals surface area contributed by atoms with E-state index in [1.54, 1.807) is 30.5 Å². The first-order valence-corrected chi connectivity index (χ1v) is 10.8. The van der Waals surface area contributed by atoms with Crippen molar-refractivity contribution in [3.8, 4) is 5.82 Å². The maximum atomic E-state index is 12.8. The Morgan fingerprint density at radius 1 is 1.35 bits per heavy atom. The van der Waals surface area contributed by atoms with Gasteiger partial charge in [-0.2, -0.15) is 10.1 Å². The zero-order chi connectivity index (χ0) is 21.6.